The van der Waals surface area contributed by atoms with Crippen molar-refractivity contribution < 1.29 is 23.8 Å². The van der Waals surface area contributed by atoms with Crippen LogP contribution in [-0.2, 0) is 25.5 Å². The predicted molar refractivity (Wildman–Crippen MR) is 86.8 cm³/mol. The standard InChI is InChI=1S/C16H21NO5.ClH/c1-10(18)21-15-9-17-14(16(15)22-11(2)19)8-12-4-6-13(20-3)7-5-12;/h4-7,14-17H,8-9H2,1-3H3;1H/t14-,15+,16+;/m1./s1. The lowest BCUT2D eigenvalue weighted by molar-refractivity contribution is -0.162. The first-order chi connectivity index (χ1) is 10.5. The van der Waals surface area contributed by atoms with Crippen LogP contribution in [0, 0.1) is 0 Å². The van der Waals surface area contributed by atoms with Crippen LogP contribution in [0.5, 0.6) is 5.75 Å². The van der Waals surface area contributed by atoms with Gasteiger partial charge in [0, 0.05) is 20.4 Å². The van der Waals surface area contributed by atoms with E-state index in [9.17, 15) is 9.59 Å². The summed E-state index contributed by atoms with van der Waals surface area (Å²) in [5, 5.41) is 3.26. The highest BCUT2D eigenvalue weighted by molar-refractivity contribution is 5.85. The van der Waals surface area contributed by atoms with Crippen molar-refractivity contribution in [3.05, 3.63) is 29.8 Å². The van der Waals surface area contributed by atoms with Gasteiger partial charge in [0.1, 0.15) is 5.75 Å². The zero-order valence-electron chi connectivity index (χ0n) is 13.4. The Morgan fingerprint density at radius 1 is 1.13 bits per heavy atom. The molecule has 0 bridgehead atoms. The average molecular weight is 344 g/mol. The maximum atomic E-state index is 11.3. The van der Waals surface area contributed by atoms with Crippen molar-refractivity contribution in [2.75, 3.05) is 13.7 Å². The van der Waals surface area contributed by atoms with Gasteiger partial charge in [0.2, 0.25) is 0 Å². The van der Waals surface area contributed by atoms with E-state index in [-0.39, 0.29) is 30.4 Å². The molecular formula is C16H22ClNO5. The topological polar surface area (TPSA) is 73.9 Å². The minimum atomic E-state index is -0.483. The largest absolute Gasteiger partial charge is 0.497 e. The van der Waals surface area contributed by atoms with Crippen molar-refractivity contribution in [1.29, 1.82) is 0 Å². The number of benzene rings is 1. The molecule has 1 saturated heterocycles. The number of carbonyl (C=O) groups is 2. The van der Waals surface area contributed by atoms with E-state index in [4.69, 9.17) is 14.2 Å². The Morgan fingerprint density at radius 2 is 1.74 bits per heavy atom. The first-order valence-electron chi connectivity index (χ1n) is 7.20. The van der Waals surface area contributed by atoms with Gasteiger partial charge >= 0.3 is 11.9 Å². The van der Waals surface area contributed by atoms with Gasteiger partial charge in [0.25, 0.3) is 0 Å². The lowest BCUT2D eigenvalue weighted by Crippen LogP contribution is -2.39. The normalized spacial score (nSPS) is 22.8. The molecule has 7 heteroatoms. The van der Waals surface area contributed by atoms with E-state index < -0.39 is 12.2 Å². The van der Waals surface area contributed by atoms with Gasteiger partial charge in [0.05, 0.1) is 13.2 Å². The fraction of sp³-hybridized carbons (Fsp3) is 0.500. The van der Waals surface area contributed by atoms with Crippen molar-refractivity contribution >= 4 is 24.3 Å². The number of methoxy groups -OCH3 is 1. The van der Waals surface area contributed by atoms with Gasteiger partial charge in [0.15, 0.2) is 12.2 Å². The molecule has 1 aliphatic rings. The monoisotopic (exact) mass is 343 g/mol. The minimum absolute atomic E-state index is 0. The fourth-order valence-electron chi connectivity index (χ4n) is 2.63. The summed E-state index contributed by atoms with van der Waals surface area (Å²) in [6, 6.07) is 7.60. The van der Waals surface area contributed by atoms with Crippen LogP contribution >= 0.6 is 12.4 Å². The lowest BCUT2D eigenvalue weighted by Gasteiger charge is -2.23. The highest BCUT2D eigenvalue weighted by Crippen LogP contribution is 2.21. The number of hydrogen-bond acceptors (Lipinski definition) is 6. The Morgan fingerprint density at radius 3 is 2.26 bits per heavy atom. The van der Waals surface area contributed by atoms with Crippen LogP contribution < -0.4 is 10.1 Å². The summed E-state index contributed by atoms with van der Waals surface area (Å²) in [6.07, 6.45) is -0.271. The van der Waals surface area contributed by atoms with Crippen molar-refractivity contribution in [2.45, 2.75) is 38.5 Å². The van der Waals surface area contributed by atoms with E-state index in [0.717, 1.165) is 11.3 Å². The summed E-state index contributed by atoms with van der Waals surface area (Å²) in [6.45, 7) is 3.17. The van der Waals surface area contributed by atoms with E-state index in [0.29, 0.717) is 13.0 Å². The number of hydrogen-bond donors (Lipinski definition) is 1. The molecule has 23 heavy (non-hydrogen) atoms. The maximum Gasteiger partial charge on any atom is 0.303 e. The third kappa shape index (κ3) is 5.41. The fourth-order valence-corrected chi connectivity index (χ4v) is 2.63. The van der Waals surface area contributed by atoms with Crippen LogP contribution in [0.25, 0.3) is 0 Å². The molecule has 0 radical (unpaired) electrons. The van der Waals surface area contributed by atoms with Crippen LogP contribution in [0.4, 0.5) is 0 Å². The van der Waals surface area contributed by atoms with Crippen molar-refractivity contribution in [1.82, 2.24) is 5.32 Å². The van der Waals surface area contributed by atoms with Gasteiger partial charge in [-0.3, -0.25) is 9.59 Å². The number of nitrogens with one attached hydrogen (secondary N) is 1. The molecule has 0 saturated carbocycles. The van der Waals surface area contributed by atoms with Gasteiger partial charge in [-0.1, -0.05) is 12.1 Å². The molecule has 1 heterocycles. The third-order valence-electron chi connectivity index (χ3n) is 3.58. The van der Waals surface area contributed by atoms with Crippen LogP contribution in [0.2, 0.25) is 0 Å². The Bertz CT molecular complexity index is 534. The molecule has 6 nitrogen and oxygen atoms in total. The van der Waals surface area contributed by atoms with Crippen molar-refractivity contribution in [2.24, 2.45) is 0 Å². The van der Waals surface area contributed by atoms with E-state index >= 15 is 0 Å². The molecule has 1 fully saturated rings. The minimum Gasteiger partial charge on any atom is -0.497 e. The average Bonchev–Trinajstić information content (AvgIpc) is 2.81. The number of ether oxygens (including phenoxy) is 3. The SMILES string of the molecule is COc1ccc(C[C@H]2NC[C@H](OC(C)=O)[C@H]2OC(C)=O)cc1.Cl. The second-order valence-electron chi connectivity index (χ2n) is 5.29. The quantitative estimate of drug-likeness (QED) is 0.817. The Labute approximate surface area is 141 Å². The van der Waals surface area contributed by atoms with E-state index in [1.165, 1.54) is 13.8 Å². The highest BCUT2D eigenvalue weighted by Gasteiger charge is 2.40. The summed E-state index contributed by atoms with van der Waals surface area (Å²) in [5.41, 5.74) is 1.08. The second-order valence-corrected chi connectivity index (χ2v) is 5.29. The molecule has 0 unspecified atom stereocenters. The summed E-state index contributed by atoms with van der Waals surface area (Å²) in [7, 11) is 1.62. The Hall–Kier alpha value is -1.79. The molecule has 0 aromatic heterocycles. The number of esters is 2. The zero-order valence-corrected chi connectivity index (χ0v) is 14.2. The number of rotatable bonds is 5. The summed E-state index contributed by atoms with van der Waals surface area (Å²) < 4.78 is 15.7. The van der Waals surface area contributed by atoms with Crippen LogP contribution in [0.15, 0.2) is 24.3 Å². The molecule has 0 amide bonds. The van der Waals surface area contributed by atoms with Crippen molar-refractivity contribution in [3.63, 3.8) is 0 Å². The Balaban J connectivity index is 0.00000264. The number of carbonyl (C=O) groups excluding carboxylic acids is 2. The summed E-state index contributed by atoms with van der Waals surface area (Å²) in [4.78, 5) is 22.5. The van der Waals surface area contributed by atoms with Crippen LogP contribution in [0.3, 0.4) is 0 Å². The van der Waals surface area contributed by atoms with E-state index in [1.54, 1.807) is 7.11 Å². The molecule has 128 valence electrons. The first kappa shape index (κ1) is 19.3. The summed E-state index contributed by atoms with van der Waals surface area (Å²) in [5.74, 6) is 0.0251. The second kappa shape index (κ2) is 8.74. The zero-order chi connectivity index (χ0) is 16.1. The van der Waals surface area contributed by atoms with E-state index in [2.05, 4.69) is 5.32 Å². The van der Waals surface area contributed by atoms with Gasteiger partial charge in [-0.25, -0.2) is 0 Å². The van der Waals surface area contributed by atoms with Crippen molar-refractivity contribution in [3.8, 4) is 5.75 Å². The molecule has 1 aromatic carbocycles. The lowest BCUT2D eigenvalue weighted by atomic mass is 10.0. The molecule has 0 aliphatic carbocycles. The van der Waals surface area contributed by atoms with Gasteiger partial charge in [-0.2, -0.15) is 0 Å². The molecule has 1 aromatic rings. The molecule has 2 rings (SSSR count). The Kier molecular flexibility index (Phi) is 7.32. The molecule has 3 atom stereocenters. The summed E-state index contributed by atoms with van der Waals surface area (Å²) >= 11 is 0. The molecular weight excluding hydrogens is 322 g/mol. The smallest absolute Gasteiger partial charge is 0.303 e. The van der Waals surface area contributed by atoms with Gasteiger partial charge < -0.3 is 19.5 Å². The third-order valence-corrected chi connectivity index (χ3v) is 3.58. The first-order valence-corrected chi connectivity index (χ1v) is 7.20. The molecule has 1 N–H and O–H groups in total. The predicted octanol–water partition coefficient (Wildman–Crippen LogP) is 1.49. The number of halogens is 1. The van der Waals surface area contributed by atoms with Crippen LogP contribution in [0.1, 0.15) is 19.4 Å². The van der Waals surface area contributed by atoms with Gasteiger partial charge in [-0.15, -0.1) is 12.4 Å². The maximum absolute atomic E-state index is 11.3. The van der Waals surface area contributed by atoms with Gasteiger partial charge in [-0.05, 0) is 24.1 Å². The van der Waals surface area contributed by atoms with Crippen LogP contribution in [-0.4, -0.2) is 43.8 Å². The molecule has 1 aliphatic heterocycles. The highest BCUT2D eigenvalue weighted by atomic mass is 35.5. The van der Waals surface area contributed by atoms with E-state index in [1.807, 2.05) is 24.3 Å². The molecule has 0 spiro atoms.